The topological polar surface area (TPSA) is 28.2 Å². The highest BCUT2D eigenvalue weighted by Crippen LogP contribution is 2.34. The normalized spacial score (nSPS) is 29.8. The third kappa shape index (κ3) is 4.52. The molecule has 0 spiro atoms. The molecular weight excluding hydrogens is 258 g/mol. The molecule has 1 N–H and O–H groups in total. The summed E-state index contributed by atoms with van der Waals surface area (Å²) in [5.41, 5.74) is 1.18. The van der Waals surface area contributed by atoms with E-state index in [4.69, 9.17) is 0 Å². The first kappa shape index (κ1) is 16.4. The standard InChI is InChI=1S/C18H31N3/c1-5-21(12-16-8-6-7-9-20-16)13-17-15(3)10-14(2)11-18(17)19-4/h6-9,14-15,17-19H,5,10-13H2,1-4H3. The van der Waals surface area contributed by atoms with Crippen LogP contribution in [0.25, 0.3) is 0 Å². The van der Waals surface area contributed by atoms with Crippen molar-refractivity contribution >= 4 is 0 Å². The van der Waals surface area contributed by atoms with Gasteiger partial charge in [-0.2, -0.15) is 0 Å². The zero-order valence-corrected chi connectivity index (χ0v) is 14.0. The minimum Gasteiger partial charge on any atom is -0.317 e. The van der Waals surface area contributed by atoms with E-state index in [1.54, 1.807) is 0 Å². The van der Waals surface area contributed by atoms with Gasteiger partial charge in [0.2, 0.25) is 0 Å². The Morgan fingerprint density at radius 3 is 2.71 bits per heavy atom. The van der Waals surface area contributed by atoms with Crippen LogP contribution in [0.2, 0.25) is 0 Å². The second-order valence-corrected chi connectivity index (χ2v) is 6.76. The van der Waals surface area contributed by atoms with E-state index < -0.39 is 0 Å². The fourth-order valence-corrected chi connectivity index (χ4v) is 3.87. The number of pyridine rings is 1. The van der Waals surface area contributed by atoms with Crippen molar-refractivity contribution < 1.29 is 0 Å². The maximum absolute atomic E-state index is 4.47. The Morgan fingerprint density at radius 1 is 1.29 bits per heavy atom. The van der Waals surface area contributed by atoms with Crippen molar-refractivity contribution in [2.24, 2.45) is 17.8 Å². The van der Waals surface area contributed by atoms with Crippen molar-refractivity contribution in [3.05, 3.63) is 30.1 Å². The van der Waals surface area contributed by atoms with Crippen LogP contribution in [0.4, 0.5) is 0 Å². The van der Waals surface area contributed by atoms with Crippen LogP contribution in [0, 0.1) is 17.8 Å². The number of hydrogen-bond donors (Lipinski definition) is 1. The number of rotatable bonds is 6. The predicted molar refractivity (Wildman–Crippen MR) is 89.1 cm³/mol. The fraction of sp³-hybridized carbons (Fsp3) is 0.722. The number of nitrogens with zero attached hydrogens (tertiary/aromatic N) is 2. The van der Waals surface area contributed by atoms with Gasteiger partial charge in [-0.05, 0) is 56.3 Å². The number of nitrogens with one attached hydrogen (secondary N) is 1. The van der Waals surface area contributed by atoms with Gasteiger partial charge in [0.25, 0.3) is 0 Å². The Hall–Kier alpha value is -0.930. The SMILES string of the molecule is CCN(Cc1ccccn1)CC1C(C)CC(C)CC1NC. The molecule has 0 bridgehead atoms. The molecule has 3 heteroatoms. The lowest BCUT2D eigenvalue weighted by molar-refractivity contribution is 0.103. The van der Waals surface area contributed by atoms with Gasteiger partial charge in [0.05, 0.1) is 5.69 Å². The molecule has 4 atom stereocenters. The fourth-order valence-electron chi connectivity index (χ4n) is 3.87. The van der Waals surface area contributed by atoms with Crippen LogP contribution < -0.4 is 5.32 Å². The molecule has 1 aromatic rings. The highest BCUT2D eigenvalue weighted by Gasteiger charge is 2.33. The van der Waals surface area contributed by atoms with Crippen LogP contribution in [0.15, 0.2) is 24.4 Å². The van der Waals surface area contributed by atoms with Gasteiger partial charge in [0, 0.05) is 25.3 Å². The van der Waals surface area contributed by atoms with Crippen LogP contribution in [0.1, 0.15) is 39.3 Å². The third-order valence-electron chi connectivity index (χ3n) is 5.08. The maximum atomic E-state index is 4.47. The predicted octanol–water partition coefficient (Wildman–Crippen LogP) is 3.17. The Kier molecular flexibility index (Phi) is 6.19. The molecule has 1 aromatic heterocycles. The average Bonchev–Trinajstić information content (AvgIpc) is 2.49. The summed E-state index contributed by atoms with van der Waals surface area (Å²) in [6.07, 6.45) is 4.57. The number of hydrogen-bond acceptors (Lipinski definition) is 3. The zero-order valence-electron chi connectivity index (χ0n) is 14.0. The molecule has 0 aliphatic heterocycles. The van der Waals surface area contributed by atoms with E-state index in [0.29, 0.717) is 6.04 Å². The summed E-state index contributed by atoms with van der Waals surface area (Å²) in [6, 6.07) is 6.85. The molecule has 3 nitrogen and oxygen atoms in total. The summed E-state index contributed by atoms with van der Waals surface area (Å²) < 4.78 is 0. The van der Waals surface area contributed by atoms with Crippen LogP contribution >= 0.6 is 0 Å². The molecule has 1 heterocycles. The zero-order chi connectivity index (χ0) is 15.2. The van der Waals surface area contributed by atoms with Gasteiger partial charge in [-0.3, -0.25) is 9.88 Å². The molecule has 0 amide bonds. The highest BCUT2D eigenvalue weighted by atomic mass is 15.1. The molecule has 4 unspecified atom stereocenters. The van der Waals surface area contributed by atoms with Crippen molar-refractivity contribution in [1.82, 2.24) is 15.2 Å². The largest absolute Gasteiger partial charge is 0.317 e. The van der Waals surface area contributed by atoms with Gasteiger partial charge in [-0.15, -0.1) is 0 Å². The van der Waals surface area contributed by atoms with Crippen LogP contribution in [-0.4, -0.2) is 36.1 Å². The highest BCUT2D eigenvalue weighted by molar-refractivity contribution is 5.03. The van der Waals surface area contributed by atoms with E-state index in [0.717, 1.165) is 30.8 Å². The Morgan fingerprint density at radius 2 is 2.10 bits per heavy atom. The Balaban J connectivity index is 1.99. The first-order valence-electron chi connectivity index (χ1n) is 8.43. The summed E-state index contributed by atoms with van der Waals surface area (Å²) in [5, 5.41) is 3.57. The van der Waals surface area contributed by atoms with Crippen molar-refractivity contribution in [2.75, 3.05) is 20.1 Å². The van der Waals surface area contributed by atoms with Crippen LogP contribution in [0.5, 0.6) is 0 Å². The molecule has 118 valence electrons. The summed E-state index contributed by atoms with van der Waals surface area (Å²) >= 11 is 0. The average molecular weight is 289 g/mol. The summed E-state index contributed by atoms with van der Waals surface area (Å²) in [7, 11) is 2.12. The lowest BCUT2D eigenvalue weighted by atomic mass is 9.72. The minimum atomic E-state index is 0.654. The first-order chi connectivity index (χ1) is 10.1. The van der Waals surface area contributed by atoms with Crippen molar-refractivity contribution in [1.29, 1.82) is 0 Å². The minimum absolute atomic E-state index is 0.654. The summed E-state index contributed by atoms with van der Waals surface area (Å²) in [4.78, 5) is 7.02. The van der Waals surface area contributed by atoms with E-state index in [1.165, 1.54) is 25.1 Å². The van der Waals surface area contributed by atoms with E-state index >= 15 is 0 Å². The quantitative estimate of drug-likeness (QED) is 0.872. The molecule has 1 saturated carbocycles. The Labute approximate surface area is 130 Å². The third-order valence-corrected chi connectivity index (χ3v) is 5.08. The smallest absolute Gasteiger partial charge is 0.0543 e. The van der Waals surface area contributed by atoms with Gasteiger partial charge in [-0.1, -0.05) is 26.8 Å². The summed E-state index contributed by atoms with van der Waals surface area (Å²) in [5.74, 6) is 2.39. The molecule has 2 rings (SSSR count). The van der Waals surface area contributed by atoms with Crippen molar-refractivity contribution in [3.63, 3.8) is 0 Å². The molecular formula is C18H31N3. The number of aromatic nitrogens is 1. The first-order valence-corrected chi connectivity index (χ1v) is 8.43. The molecule has 1 aliphatic rings. The van der Waals surface area contributed by atoms with Gasteiger partial charge in [0.15, 0.2) is 0 Å². The molecule has 0 radical (unpaired) electrons. The van der Waals surface area contributed by atoms with E-state index in [1.807, 2.05) is 12.3 Å². The molecule has 0 saturated heterocycles. The molecule has 1 aliphatic carbocycles. The molecule has 21 heavy (non-hydrogen) atoms. The monoisotopic (exact) mass is 289 g/mol. The van der Waals surface area contributed by atoms with Gasteiger partial charge < -0.3 is 5.32 Å². The van der Waals surface area contributed by atoms with Gasteiger partial charge in [0.1, 0.15) is 0 Å². The van der Waals surface area contributed by atoms with Crippen LogP contribution in [-0.2, 0) is 6.54 Å². The lowest BCUT2D eigenvalue weighted by Crippen LogP contribution is -2.47. The van der Waals surface area contributed by atoms with E-state index in [-0.39, 0.29) is 0 Å². The second kappa shape index (κ2) is 7.90. The maximum Gasteiger partial charge on any atom is 0.0543 e. The van der Waals surface area contributed by atoms with E-state index in [9.17, 15) is 0 Å². The van der Waals surface area contributed by atoms with E-state index in [2.05, 4.69) is 55.2 Å². The summed E-state index contributed by atoms with van der Waals surface area (Å²) in [6.45, 7) is 10.3. The molecule has 0 aromatic carbocycles. The lowest BCUT2D eigenvalue weighted by Gasteiger charge is -2.42. The van der Waals surface area contributed by atoms with Crippen molar-refractivity contribution in [3.8, 4) is 0 Å². The van der Waals surface area contributed by atoms with Gasteiger partial charge >= 0.3 is 0 Å². The van der Waals surface area contributed by atoms with Crippen molar-refractivity contribution in [2.45, 2.75) is 46.2 Å². The second-order valence-electron chi connectivity index (χ2n) is 6.76. The Bertz CT molecular complexity index is 406. The molecule has 1 fully saturated rings. The van der Waals surface area contributed by atoms with Crippen LogP contribution in [0.3, 0.4) is 0 Å². The van der Waals surface area contributed by atoms with Gasteiger partial charge in [-0.25, -0.2) is 0 Å².